The van der Waals surface area contributed by atoms with Crippen molar-refractivity contribution < 1.29 is 0 Å². The van der Waals surface area contributed by atoms with Crippen LogP contribution in [0.2, 0.25) is 0 Å². The molecule has 0 aliphatic heterocycles. The van der Waals surface area contributed by atoms with E-state index in [-0.39, 0.29) is 0 Å². The van der Waals surface area contributed by atoms with Crippen molar-refractivity contribution in [3.05, 3.63) is 11.6 Å². The van der Waals surface area contributed by atoms with Crippen LogP contribution in [-0.2, 0) is 0 Å². The summed E-state index contributed by atoms with van der Waals surface area (Å²) < 4.78 is 0. The molecule has 0 amide bonds. The molecule has 0 spiro atoms. The Bertz CT molecular complexity index is 87.8. The molecule has 0 aromatic carbocycles. The molecule has 10 heavy (non-hydrogen) atoms. The first-order valence-corrected chi connectivity index (χ1v) is 6.19. The van der Waals surface area contributed by atoms with Gasteiger partial charge in [0, 0.05) is 24.4 Å². The SMILES string of the molecule is CSSCCNC/C=C/Cl. The zero-order valence-corrected chi connectivity index (χ0v) is 8.36. The van der Waals surface area contributed by atoms with E-state index in [2.05, 4.69) is 11.6 Å². The van der Waals surface area contributed by atoms with Gasteiger partial charge >= 0.3 is 0 Å². The van der Waals surface area contributed by atoms with Crippen LogP contribution in [0.1, 0.15) is 0 Å². The van der Waals surface area contributed by atoms with Gasteiger partial charge in [-0.3, -0.25) is 0 Å². The second-order valence-electron chi connectivity index (χ2n) is 1.55. The molecule has 0 atom stereocenters. The topological polar surface area (TPSA) is 12.0 Å². The van der Waals surface area contributed by atoms with Gasteiger partial charge in [0.15, 0.2) is 0 Å². The summed E-state index contributed by atoms with van der Waals surface area (Å²) in [5, 5.41) is 3.22. The minimum atomic E-state index is 0.873. The molecule has 1 N–H and O–H groups in total. The van der Waals surface area contributed by atoms with Crippen molar-refractivity contribution in [2.75, 3.05) is 25.1 Å². The Balaban J connectivity index is 2.77. The van der Waals surface area contributed by atoms with E-state index in [1.165, 1.54) is 5.54 Å². The van der Waals surface area contributed by atoms with Crippen LogP contribution in [0.3, 0.4) is 0 Å². The van der Waals surface area contributed by atoms with Crippen molar-refractivity contribution in [1.82, 2.24) is 5.32 Å². The highest BCUT2D eigenvalue weighted by atomic mass is 35.5. The van der Waals surface area contributed by atoms with Crippen LogP contribution in [0.15, 0.2) is 11.6 Å². The second kappa shape index (κ2) is 9.69. The monoisotopic (exact) mass is 197 g/mol. The van der Waals surface area contributed by atoms with Crippen molar-refractivity contribution in [3.63, 3.8) is 0 Å². The highest BCUT2D eigenvalue weighted by Crippen LogP contribution is 2.14. The summed E-state index contributed by atoms with van der Waals surface area (Å²) in [7, 11) is 3.66. The quantitative estimate of drug-likeness (QED) is 0.519. The van der Waals surface area contributed by atoms with Gasteiger partial charge in [-0.15, -0.1) is 0 Å². The molecule has 0 saturated carbocycles. The molecule has 0 aliphatic rings. The third kappa shape index (κ3) is 8.69. The zero-order valence-electron chi connectivity index (χ0n) is 5.97. The maximum absolute atomic E-state index is 5.31. The van der Waals surface area contributed by atoms with Crippen LogP contribution in [-0.4, -0.2) is 25.1 Å². The van der Waals surface area contributed by atoms with Gasteiger partial charge in [-0.25, -0.2) is 0 Å². The maximum Gasteiger partial charge on any atom is 0.0162 e. The summed E-state index contributed by atoms with van der Waals surface area (Å²) in [6.07, 6.45) is 3.98. The Hall–Kier alpha value is 0.690. The highest BCUT2D eigenvalue weighted by molar-refractivity contribution is 8.76. The van der Waals surface area contributed by atoms with Gasteiger partial charge in [0.05, 0.1) is 0 Å². The zero-order chi connectivity index (χ0) is 7.66. The van der Waals surface area contributed by atoms with Crippen LogP contribution in [0.4, 0.5) is 0 Å². The first kappa shape index (κ1) is 10.7. The lowest BCUT2D eigenvalue weighted by atomic mass is 10.6. The molecule has 0 aromatic rings. The predicted octanol–water partition coefficient (Wildman–Crippen LogP) is 2.34. The lowest BCUT2D eigenvalue weighted by molar-refractivity contribution is 0.808. The molecule has 0 fully saturated rings. The summed E-state index contributed by atoms with van der Waals surface area (Å²) >= 11 is 5.31. The summed E-state index contributed by atoms with van der Waals surface area (Å²) in [6, 6.07) is 0. The van der Waals surface area contributed by atoms with Crippen LogP contribution >= 0.6 is 33.2 Å². The van der Waals surface area contributed by atoms with Gasteiger partial charge in [-0.05, 0) is 6.26 Å². The van der Waals surface area contributed by atoms with Crippen LogP contribution in [0.25, 0.3) is 0 Å². The molecule has 0 bridgehead atoms. The van der Waals surface area contributed by atoms with E-state index in [0.29, 0.717) is 0 Å². The standard InChI is InChI=1S/C6H12ClNS2/c1-9-10-6-5-8-4-2-3-7/h2-3,8H,4-6H2,1H3/b3-2+. The van der Waals surface area contributed by atoms with E-state index in [0.717, 1.165) is 18.8 Å². The van der Waals surface area contributed by atoms with Crippen molar-refractivity contribution >= 4 is 33.2 Å². The van der Waals surface area contributed by atoms with Gasteiger partial charge in [0.1, 0.15) is 0 Å². The molecule has 0 saturated heterocycles. The molecule has 0 heterocycles. The molecule has 0 aromatic heterocycles. The Labute approximate surface area is 75.4 Å². The molecular formula is C6H12ClNS2. The largest absolute Gasteiger partial charge is 0.312 e. The van der Waals surface area contributed by atoms with Gasteiger partial charge < -0.3 is 5.32 Å². The van der Waals surface area contributed by atoms with Crippen LogP contribution < -0.4 is 5.32 Å². The smallest absolute Gasteiger partial charge is 0.0162 e. The Morgan fingerprint density at radius 3 is 3.00 bits per heavy atom. The second-order valence-corrected chi connectivity index (χ2v) is 4.49. The van der Waals surface area contributed by atoms with Crippen molar-refractivity contribution in [1.29, 1.82) is 0 Å². The van der Waals surface area contributed by atoms with E-state index < -0.39 is 0 Å². The molecule has 0 unspecified atom stereocenters. The van der Waals surface area contributed by atoms with E-state index in [9.17, 15) is 0 Å². The molecule has 60 valence electrons. The summed E-state index contributed by atoms with van der Waals surface area (Å²) in [6.45, 7) is 1.92. The fraction of sp³-hybridized carbons (Fsp3) is 0.667. The Morgan fingerprint density at radius 2 is 2.40 bits per heavy atom. The summed E-state index contributed by atoms with van der Waals surface area (Å²) in [5.41, 5.74) is 1.54. The third-order valence-electron chi connectivity index (χ3n) is 0.831. The highest BCUT2D eigenvalue weighted by Gasteiger charge is 1.83. The Kier molecular flexibility index (Phi) is 10.4. The van der Waals surface area contributed by atoms with E-state index in [4.69, 9.17) is 11.6 Å². The van der Waals surface area contributed by atoms with E-state index in [1.54, 1.807) is 10.8 Å². The number of halogens is 1. The van der Waals surface area contributed by atoms with Gasteiger partial charge in [0.2, 0.25) is 0 Å². The third-order valence-corrected chi connectivity index (χ3v) is 2.82. The Morgan fingerprint density at radius 1 is 1.60 bits per heavy atom. The lowest BCUT2D eigenvalue weighted by Gasteiger charge is -1.97. The molecule has 0 rings (SSSR count). The average molecular weight is 198 g/mol. The van der Waals surface area contributed by atoms with Crippen molar-refractivity contribution in [3.8, 4) is 0 Å². The van der Waals surface area contributed by atoms with Crippen LogP contribution in [0.5, 0.6) is 0 Å². The van der Waals surface area contributed by atoms with E-state index >= 15 is 0 Å². The normalized spacial score (nSPS) is 11.0. The van der Waals surface area contributed by atoms with Crippen molar-refractivity contribution in [2.24, 2.45) is 0 Å². The average Bonchev–Trinajstić information content (AvgIpc) is 1.97. The maximum atomic E-state index is 5.31. The van der Waals surface area contributed by atoms with Crippen LogP contribution in [0, 0.1) is 0 Å². The molecular weight excluding hydrogens is 186 g/mol. The van der Waals surface area contributed by atoms with Gasteiger partial charge in [-0.1, -0.05) is 39.3 Å². The predicted molar refractivity (Wildman–Crippen MR) is 53.8 cm³/mol. The number of hydrogen-bond acceptors (Lipinski definition) is 3. The summed E-state index contributed by atoms with van der Waals surface area (Å²) in [5.74, 6) is 1.15. The fourth-order valence-corrected chi connectivity index (χ4v) is 1.66. The first-order valence-electron chi connectivity index (χ1n) is 3.03. The fourth-order valence-electron chi connectivity index (χ4n) is 0.427. The first-order chi connectivity index (χ1) is 4.91. The molecule has 1 nitrogen and oxygen atoms in total. The van der Waals surface area contributed by atoms with E-state index in [1.807, 2.05) is 16.9 Å². The van der Waals surface area contributed by atoms with Gasteiger partial charge in [-0.2, -0.15) is 0 Å². The molecule has 0 radical (unpaired) electrons. The minimum Gasteiger partial charge on any atom is -0.312 e. The minimum absolute atomic E-state index is 0.873. The lowest BCUT2D eigenvalue weighted by Crippen LogP contribution is -2.16. The summed E-state index contributed by atoms with van der Waals surface area (Å²) in [4.78, 5) is 0. The number of hydrogen-bond donors (Lipinski definition) is 1. The molecule has 4 heteroatoms. The molecule has 0 aliphatic carbocycles. The number of rotatable bonds is 6. The number of nitrogens with one attached hydrogen (secondary N) is 1. The van der Waals surface area contributed by atoms with Crippen molar-refractivity contribution in [2.45, 2.75) is 0 Å². The van der Waals surface area contributed by atoms with Gasteiger partial charge in [0.25, 0.3) is 0 Å².